The zero-order valence-corrected chi connectivity index (χ0v) is 13.1. The van der Waals surface area contributed by atoms with Crippen LogP contribution in [-0.2, 0) is 0 Å². The highest BCUT2D eigenvalue weighted by atomic mass is 16.6. The van der Waals surface area contributed by atoms with Gasteiger partial charge in [-0.15, -0.1) is 0 Å². The third kappa shape index (κ3) is 4.54. The zero-order chi connectivity index (χ0) is 15.8. The highest BCUT2D eigenvalue weighted by Crippen LogP contribution is 2.32. The Morgan fingerprint density at radius 2 is 2.05 bits per heavy atom. The summed E-state index contributed by atoms with van der Waals surface area (Å²) in [6, 6.07) is 0.236. The van der Waals surface area contributed by atoms with Gasteiger partial charge in [-0.2, -0.15) is 4.98 Å². The Bertz CT molecular complexity index is 488. The average Bonchev–Trinajstić information content (AvgIpc) is 2.76. The molecule has 1 aromatic heterocycles. The van der Waals surface area contributed by atoms with Gasteiger partial charge in [-0.1, -0.05) is 39.0 Å². The van der Waals surface area contributed by atoms with Crippen molar-refractivity contribution < 1.29 is 9.66 Å². The van der Waals surface area contributed by atoms with E-state index in [0.29, 0.717) is 6.61 Å². The first-order chi connectivity index (χ1) is 10.7. The lowest BCUT2D eigenvalue weighted by molar-refractivity contribution is -0.385. The number of nitrogens with zero attached hydrogens (tertiary/aromatic N) is 3. The van der Waals surface area contributed by atoms with Crippen LogP contribution in [0.25, 0.3) is 0 Å². The largest absolute Gasteiger partial charge is 0.473 e. The molecule has 1 heterocycles. The summed E-state index contributed by atoms with van der Waals surface area (Å²) in [6.45, 7) is 2.47. The molecule has 0 aromatic carbocycles. The minimum absolute atomic E-state index is 0.0598. The number of hydrogen-bond donors (Lipinski definition) is 1. The first-order valence-electron chi connectivity index (χ1n) is 8.11. The standard InChI is InChI=1S/C15H24N4O3/c1-2-3-10-22-15-13(19(20)21)14(16-11-17-15)18-12-8-6-4-5-7-9-12/h11-12H,2-10H2,1H3,(H,16,17,18). The molecular formula is C15H24N4O3. The molecule has 1 N–H and O–H groups in total. The molecule has 0 atom stereocenters. The molecule has 0 amide bonds. The summed E-state index contributed by atoms with van der Waals surface area (Å²) in [5.74, 6) is 0.336. The molecule has 1 aliphatic carbocycles. The number of hydrogen-bond acceptors (Lipinski definition) is 6. The first-order valence-corrected chi connectivity index (χ1v) is 8.11. The van der Waals surface area contributed by atoms with Crippen molar-refractivity contribution in [2.24, 2.45) is 0 Å². The van der Waals surface area contributed by atoms with E-state index in [1.165, 1.54) is 19.2 Å². The van der Waals surface area contributed by atoms with Gasteiger partial charge in [-0.05, 0) is 19.3 Å². The summed E-state index contributed by atoms with van der Waals surface area (Å²) < 4.78 is 5.46. The van der Waals surface area contributed by atoms with Crippen molar-refractivity contribution in [2.45, 2.75) is 64.3 Å². The Balaban J connectivity index is 2.14. The number of nitrogens with one attached hydrogen (secondary N) is 1. The number of nitro groups is 1. The molecule has 0 unspecified atom stereocenters. The van der Waals surface area contributed by atoms with Crippen molar-refractivity contribution in [1.29, 1.82) is 0 Å². The van der Waals surface area contributed by atoms with Crippen LogP contribution >= 0.6 is 0 Å². The fraction of sp³-hybridized carbons (Fsp3) is 0.733. The number of aromatic nitrogens is 2. The van der Waals surface area contributed by atoms with Crippen LogP contribution in [-0.4, -0.2) is 27.5 Å². The molecule has 2 rings (SSSR count). The van der Waals surface area contributed by atoms with Crippen LogP contribution in [0.2, 0.25) is 0 Å². The van der Waals surface area contributed by atoms with E-state index >= 15 is 0 Å². The number of rotatable bonds is 7. The third-order valence-corrected chi connectivity index (χ3v) is 3.90. The van der Waals surface area contributed by atoms with Crippen molar-refractivity contribution in [2.75, 3.05) is 11.9 Å². The van der Waals surface area contributed by atoms with E-state index in [4.69, 9.17) is 4.74 Å². The molecule has 122 valence electrons. The number of anilines is 1. The Morgan fingerprint density at radius 3 is 2.68 bits per heavy atom. The highest BCUT2D eigenvalue weighted by molar-refractivity contribution is 5.61. The number of unbranched alkanes of at least 4 members (excludes halogenated alkanes) is 1. The first kappa shape index (κ1) is 16.5. The number of ether oxygens (including phenoxy) is 1. The van der Waals surface area contributed by atoms with E-state index in [-0.39, 0.29) is 23.4 Å². The summed E-state index contributed by atoms with van der Waals surface area (Å²) >= 11 is 0. The van der Waals surface area contributed by atoms with Crippen molar-refractivity contribution in [3.8, 4) is 5.88 Å². The summed E-state index contributed by atoms with van der Waals surface area (Å²) in [6.07, 6.45) is 9.93. The molecule has 0 spiro atoms. The molecule has 0 radical (unpaired) electrons. The van der Waals surface area contributed by atoms with Crippen LogP contribution in [0.5, 0.6) is 5.88 Å². The predicted molar refractivity (Wildman–Crippen MR) is 84.2 cm³/mol. The molecule has 0 saturated heterocycles. The lowest BCUT2D eigenvalue weighted by Crippen LogP contribution is -2.20. The van der Waals surface area contributed by atoms with Crippen LogP contribution in [0, 0.1) is 10.1 Å². The van der Waals surface area contributed by atoms with Gasteiger partial charge in [-0.3, -0.25) is 10.1 Å². The molecule has 0 aliphatic heterocycles. The highest BCUT2D eigenvalue weighted by Gasteiger charge is 2.26. The van der Waals surface area contributed by atoms with Crippen LogP contribution < -0.4 is 10.1 Å². The maximum Gasteiger partial charge on any atom is 0.372 e. The fourth-order valence-corrected chi connectivity index (χ4v) is 2.67. The molecule has 7 heteroatoms. The lowest BCUT2D eigenvalue weighted by Gasteiger charge is -2.17. The molecule has 1 fully saturated rings. The van der Waals surface area contributed by atoms with Crippen molar-refractivity contribution in [3.63, 3.8) is 0 Å². The second-order valence-electron chi connectivity index (χ2n) is 5.67. The van der Waals surface area contributed by atoms with Crippen LogP contribution in [0.1, 0.15) is 58.3 Å². The van der Waals surface area contributed by atoms with E-state index in [2.05, 4.69) is 15.3 Å². The topological polar surface area (TPSA) is 90.2 Å². The Morgan fingerprint density at radius 1 is 1.32 bits per heavy atom. The summed E-state index contributed by atoms with van der Waals surface area (Å²) in [5.41, 5.74) is -0.150. The monoisotopic (exact) mass is 308 g/mol. The molecule has 0 bridgehead atoms. The third-order valence-electron chi connectivity index (χ3n) is 3.90. The molecular weight excluding hydrogens is 284 g/mol. The molecule has 1 aliphatic rings. The van der Waals surface area contributed by atoms with Gasteiger partial charge in [0.15, 0.2) is 0 Å². The molecule has 22 heavy (non-hydrogen) atoms. The van der Waals surface area contributed by atoms with Gasteiger partial charge in [0.05, 0.1) is 11.5 Å². The Labute approximate surface area is 130 Å². The van der Waals surface area contributed by atoms with E-state index in [0.717, 1.165) is 38.5 Å². The molecule has 7 nitrogen and oxygen atoms in total. The van der Waals surface area contributed by atoms with Crippen molar-refractivity contribution in [1.82, 2.24) is 9.97 Å². The summed E-state index contributed by atoms with van der Waals surface area (Å²) in [4.78, 5) is 18.9. The van der Waals surface area contributed by atoms with Gasteiger partial charge in [-0.25, -0.2) is 4.98 Å². The second-order valence-corrected chi connectivity index (χ2v) is 5.67. The van der Waals surface area contributed by atoms with E-state index in [1.54, 1.807) is 0 Å². The molecule has 1 saturated carbocycles. The van der Waals surface area contributed by atoms with Gasteiger partial charge in [0, 0.05) is 6.04 Å². The quantitative estimate of drug-likeness (QED) is 0.357. The Kier molecular flexibility index (Phi) is 6.36. The maximum absolute atomic E-state index is 11.4. The van der Waals surface area contributed by atoms with Gasteiger partial charge >= 0.3 is 5.69 Å². The van der Waals surface area contributed by atoms with Crippen LogP contribution in [0.4, 0.5) is 11.5 Å². The van der Waals surface area contributed by atoms with E-state index in [1.807, 2.05) is 6.92 Å². The summed E-state index contributed by atoms with van der Waals surface area (Å²) in [7, 11) is 0. The van der Waals surface area contributed by atoms with Gasteiger partial charge in [0.1, 0.15) is 6.33 Å². The fourth-order valence-electron chi connectivity index (χ4n) is 2.67. The zero-order valence-electron chi connectivity index (χ0n) is 13.1. The van der Waals surface area contributed by atoms with Gasteiger partial charge in [0.25, 0.3) is 5.88 Å². The molecule has 1 aromatic rings. The van der Waals surface area contributed by atoms with Gasteiger partial charge < -0.3 is 10.1 Å². The second kappa shape index (κ2) is 8.51. The van der Waals surface area contributed by atoms with Crippen molar-refractivity contribution in [3.05, 3.63) is 16.4 Å². The van der Waals surface area contributed by atoms with Crippen LogP contribution in [0.15, 0.2) is 6.33 Å². The average molecular weight is 308 g/mol. The van der Waals surface area contributed by atoms with Gasteiger partial charge in [0.2, 0.25) is 5.82 Å². The normalized spacial score (nSPS) is 16.0. The SMILES string of the molecule is CCCCOc1ncnc(NC2CCCCCC2)c1[N+](=O)[O-]. The smallest absolute Gasteiger partial charge is 0.372 e. The van der Waals surface area contributed by atoms with Crippen molar-refractivity contribution >= 4 is 11.5 Å². The Hall–Kier alpha value is -1.92. The summed E-state index contributed by atoms with van der Waals surface area (Å²) in [5, 5.41) is 14.6. The van der Waals surface area contributed by atoms with Crippen LogP contribution in [0.3, 0.4) is 0 Å². The van der Waals surface area contributed by atoms with E-state index < -0.39 is 4.92 Å². The maximum atomic E-state index is 11.4. The predicted octanol–water partition coefficient (Wildman–Crippen LogP) is 3.70. The minimum Gasteiger partial charge on any atom is -0.473 e. The van der Waals surface area contributed by atoms with E-state index in [9.17, 15) is 10.1 Å². The lowest BCUT2D eigenvalue weighted by atomic mass is 10.1. The minimum atomic E-state index is -0.458.